The van der Waals surface area contributed by atoms with E-state index in [9.17, 15) is 9.50 Å². The van der Waals surface area contributed by atoms with E-state index in [0.29, 0.717) is 17.6 Å². The summed E-state index contributed by atoms with van der Waals surface area (Å²) in [5, 5.41) is 13.3. The third-order valence-corrected chi connectivity index (χ3v) is 3.94. The maximum atomic E-state index is 13.3. The first kappa shape index (κ1) is 13.0. The summed E-state index contributed by atoms with van der Waals surface area (Å²) >= 11 is 3.12. The van der Waals surface area contributed by atoms with Gasteiger partial charge in [-0.3, -0.25) is 0 Å². The first-order chi connectivity index (χ1) is 8.09. The van der Waals surface area contributed by atoms with E-state index in [0.717, 1.165) is 31.2 Å². The first-order valence-corrected chi connectivity index (χ1v) is 6.75. The second kappa shape index (κ2) is 5.46. The van der Waals surface area contributed by atoms with Crippen molar-refractivity contribution in [3.8, 4) is 0 Å². The Morgan fingerprint density at radius 1 is 1.35 bits per heavy atom. The highest BCUT2D eigenvalue weighted by Crippen LogP contribution is 2.28. The average Bonchev–Trinajstić information content (AvgIpc) is 2.71. The van der Waals surface area contributed by atoms with E-state index in [-0.39, 0.29) is 5.82 Å². The molecule has 0 spiro atoms. The third-order valence-electron chi connectivity index (χ3n) is 3.30. The van der Waals surface area contributed by atoms with Crippen LogP contribution in [0, 0.1) is 5.82 Å². The number of aliphatic hydroxyl groups is 1. The Kier molecular flexibility index (Phi) is 4.17. The van der Waals surface area contributed by atoms with E-state index >= 15 is 0 Å². The molecule has 0 bridgehead atoms. The minimum atomic E-state index is -0.548. The Balaban J connectivity index is 1.83. The molecule has 1 aromatic rings. The van der Waals surface area contributed by atoms with Gasteiger partial charge in [0.05, 0.1) is 10.1 Å². The number of rotatable bonds is 4. The van der Waals surface area contributed by atoms with Crippen LogP contribution in [-0.2, 0) is 6.54 Å². The molecule has 0 amide bonds. The standard InChI is InChI=1S/C13H17BrFNO/c14-11-4-3-10(7-12(11)15)8-16-9-13(17)5-1-2-6-13/h3-4,7,16-17H,1-2,5-6,8-9H2. The quantitative estimate of drug-likeness (QED) is 0.896. The third kappa shape index (κ3) is 3.50. The van der Waals surface area contributed by atoms with Gasteiger partial charge in [-0.2, -0.15) is 0 Å². The normalized spacial score (nSPS) is 18.5. The lowest BCUT2D eigenvalue weighted by Gasteiger charge is -2.22. The summed E-state index contributed by atoms with van der Waals surface area (Å²) in [4.78, 5) is 0. The lowest BCUT2D eigenvalue weighted by atomic mass is 10.0. The van der Waals surface area contributed by atoms with Crippen LogP contribution in [0.25, 0.3) is 0 Å². The van der Waals surface area contributed by atoms with Crippen LogP contribution >= 0.6 is 15.9 Å². The molecule has 0 saturated heterocycles. The molecule has 1 aliphatic carbocycles. The zero-order chi connectivity index (χ0) is 12.3. The molecule has 4 heteroatoms. The van der Waals surface area contributed by atoms with Crippen LogP contribution in [0.15, 0.2) is 22.7 Å². The fourth-order valence-electron chi connectivity index (χ4n) is 2.30. The molecule has 0 radical (unpaired) electrons. The number of hydrogen-bond acceptors (Lipinski definition) is 2. The summed E-state index contributed by atoms with van der Waals surface area (Å²) in [5.41, 5.74) is 0.348. The Morgan fingerprint density at radius 2 is 2.06 bits per heavy atom. The molecule has 1 saturated carbocycles. The van der Waals surface area contributed by atoms with Crippen molar-refractivity contribution < 1.29 is 9.50 Å². The van der Waals surface area contributed by atoms with Crippen molar-refractivity contribution in [1.29, 1.82) is 0 Å². The van der Waals surface area contributed by atoms with Crippen LogP contribution < -0.4 is 5.32 Å². The molecule has 1 fully saturated rings. The minimum Gasteiger partial charge on any atom is -0.389 e. The monoisotopic (exact) mass is 301 g/mol. The van der Waals surface area contributed by atoms with Crippen LogP contribution in [-0.4, -0.2) is 17.3 Å². The van der Waals surface area contributed by atoms with Gasteiger partial charge in [0.15, 0.2) is 0 Å². The van der Waals surface area contributed by atoms with Gasteiger partial charge in [-0.25, -0.2) is 4.39 Å². The predicted molar refractivity (Wildman–Crippen MR) is 69.2 cm³/mol. The zero-order valence-corrected chi connectivity index (χ0v) is 11.3. The molecule has 0 aromatic heterocycles. The molecule has 2 nitrogen and oxygen atoms in total. The van der Waals surface area contributed by atoms with Crippen molar-refractivity contribution in [2.45, 2.75) is 37.8 Å². The molecule has 2 rings (SSSR count). The van der Waals surface area contributed by atoms with Crippen molar-refractivity contribution in [1.82, 2.24) is 5.32 Å². The van der Waals surface area contributed by atoms with Crippen molar-refractivity contribution in [2.75, 3.05) is 6.54 Å². The van der Waals surface area contributed by atoms with Gasteiger partial charge in [-0.05, 0) is 46.5 Å². The van der Waals surface area contributed by atoms with Crippen LogP contribution in [0.3, 0.4) is 0 Å². The fourth-order valence-corrected chi connectivity index (χ4v) is 2.55. The van der Waals surface area contributed by atoms with E-state index in [1.807, 2.05) is 6.07 Å². The molecule has 0 atom stereocenters. The number of halogens is 2. The topological polar surface area (TPSA) is 32.3 Å². The zero-order valence-electron chi connectivity index (χ0n) is 9.68. The van der Waals surface area contributed by atoms with Gasteiger partial charge < -0.3 is 10.4 Å². The van der Waals surface area contributed by atoms with Crippen molar-refractivity contribution in [2.24, 2.45) is 0 Å². The largest absolute Gasteiger partial charge is 0.389 e. The number of nitrogens with one attached hydrogen (secondary N) is 1. The van der Waals surface area contributed by atoms with Crippen molar-refractivity contribution in [3.63, 3.8) is 0 Å². The van der Waals surface area contributed by atoms with Gasteiger partial charge in [0.2, 0.25) is 0 Å². The minimum absolute atomic E-state index is 0.246. The van der Waals surface area contributed by atoms with Crippen molar-refractivity contribution >= 4 is 15.9 Å². The Bertz CT molecular complexity index is 391. The summed E-state index contributed by atoms with van der Waals surface area (Å²) in [6, 6.07) is 5.09. The highest BCUT2D eigenvalue weighted by molar-refractivity contribution is 9.10. The van der Waals surface area contributed by atoms with Gasteiger partial charge in [0.25, 0.3) is 0 Å². The molecular weight excluding hydrogens is 285 g/mol. The number of hydrogen-bond donors (Lipinski definition) is 2. The Hall–Kier alpha value is -0.450. The van der Waals surface area contributed by atoms with Gasteiger partial charge in [0, 0.05) is 13.1 Å². The first-order valence-electron chi connectivity index (χ1n) is 5.96. The molecule has 17 heavy (non-hydrogen) atoms. The molecule has 0 aliphatic heterocycles. The summed E-state index contributed by atoms with van der Waals surface area (Å²) in [6.07, 6.45) is 3.94. The van der Waals surface area contributed by atoms with E-state index in [1.54, 1.807) is 6.07 Å². The molecule has 0 heterocycles. The van der Waals surface area contributed by atoms with Crippen LogP contribution in [0.4, 0.5) is 4.39 Å². The SMILES string of the molecule is OC1(CNCc2ccc(Br)c(F)c2)CCCC1. The van der Waals surface area contributed by atoms with Crippen LogP contribution in [0.1, 0.15) is 31.2 Å². The predicted octanol–water partition coefficient (Wildman–Crippen LogP) is 2.98. The lowest BCUT2D eigenvalue weighted by molar-refractivity contribution is 0.0475. The smallest absolute Gasteiger partial charge is 0.137 e. The van der Waals surface area contributed by atoms with E-state index < -0.39 is 5.60 Å². The van der Waals surface area contributed by atoms with Gasteiger partial charge in [-0.15, -0.1) is 0 Å². The summed E-state index contributed by atoms with van der Waals surface area (Å²) in [6.45, 7) is 1.18. The molecular formula is C13H17BrFNO. The van der Waals surface area contributed by atoms with Crippen molar-refractivity contribution in [3.05, 3.63) is 34.1 Å². The second-order valence-electron chi connectivity index (χ2n) is 4.78. The maximum Gasteiger partial charge on any atom is 0.137 e. The molecule has 2 N–H and O–H groups in total. The summed E-state index contributed by atoms with van der Waals surface area (Å²) in [7, 11) is 0. The molecule has 94 valence electrons. The van der Waals surface area contributed by atoms with Gasteiger partial charge in [-0.1, -0.05) is 18.9 Å². The second-order valence-corrected chi connectivity index (χ2v) is 5.64. The average molecular weight is 302 g/mol. The highest BCUT2D eigenvalue weighted by atomic mass is 79.9. The molecule has 1 aliphatic rings. The molecule has 0 unspecified atom stereocenters. The van der Waals surface area contributed by atoms with Gasteiger partial charge in [0.1, 0.15) is 5.82 Å². The summed E-state index contributed by atoms with van der Waals surface area (Å²) < 4.78 is 13.7. The highest BCUT2D eigenvalue weighted by Gasteiger charge is 2.30. The van der Waals surface area contributed by atoms with E-state index in [2.05, 4.69) is 21.2 Å². The molecule has 1 aromatic carbocycles. The maximum absolute atomic E-state index is 13.3. The van der Waals surface area contributed by atoms with Crippen LogP contribution in [0.5, 0.6) is 0 Å². The lowest BCUT2D eigenvalue weighted by Crippen LogP contribution is -2.37. The Morgan fingerprint density at radius 3 is 2.71 bits per heavy atom. The van der Waals surface area contributed by atoms with Crippen LogP contribution in [0.2, 0.25) is 0 Å². The Labute approximate surface area is 109 Å². The van der Waals surface area contributed by atoms with E-state index in [4.69, 9.17) is 0 Å². The fraction of sp³-hybridized carbons (Fsp3) is 0.538. The van der Waals surface area contributed by atoms with E-state index in [1.165, 1.54) is 6.07 Å². The number of benzene rings is 1. The summed E-state index contributed by atoms with van der Waals surface area (Å²) in [5.74, 6) is -0.246. The van der Waals surface area contributed by atoms with Gasteiger partial charge >= 0.3 is 0 Å².